The lowest BCUT2D eigenvalue weighted by atomic mass is 9.98. The van der Waals surface area contributed by atoms with Crippen molar-refractivity contribution >= 4 is 51.1 Å². The molecule has 3 heterocycles. The number of nitrogens with one attached hydrogen (secondary N) is 1. The minimum absolute atomic E-state index is 0.178. The average Bonchev–Trinajstić information content (AvgIpc) is 3.21. The van der Waals surface area contributed by atoms with Gasteiger partial charge in [-0.2, -0.15) is 0 Å². The van der Waals surface area contributed by atoms with Crippen molar-refractivity contribution in [2.45, 2.75) is 52.6 Å². The number of rotatable bonds is 6. The summed E-state index contributed by atoms with van der Waals surface area (Å²) in [7, 11) is 0. The van der Waals surface area contributed by atoms with Crippen LogP contribution in [0.5, 0.6) is 0 Å². The number of hydrogen-bond acceptors (Lipinski definition) is 7. The number of carbonyl (C=O) groups is 2. The molecule has 4 rings (SSSR count). The first kappa shape index (κ1) is 25.6. The van der Waals surface area contributed by atoms with Crippen LogP contribution in [0.3, 0.4) is 0 Å². The lowest BCUT2D eigenvalue weighted by molar-refractivity contribution is -0.149. The van der Waals surface area contributed by atoms with E-state index in [0.717, 1.165) is 31.3 Å². The van der Waals surface area contributed by atoms with E-state index in [-0.39, 0.29) is 23.9 Å². The van der Waals surface area contributed by atoms with E-state index in [4.69, 9.17) is 21.7 Å². The Morgan fingerprint density at radius 1 is 1.23 bits per heavy atom. The number of aromatic nitrogens is 1. The lowest BCUT2D eigenvalue weighted by Crippen LogP contribution is -2.41. The van der Waals surface area contributed by atoms with Gasteiger partial charge in [0.25, 0.3) is 0 Å². The predicted molar refractivity (Wildman–Crippen MR) is 143 cm³/mol. The van der Waals surface area contributed by atoms with Crippen molar-refractivity contribution in [2.24, 2.45) is 5.92 Å². The normalized spacial score (nSPS) is 20.5. The van der Waals surface area contributed by atoms with Crippen LogP contribution in [0.1, 0.15) is 44.9 Å². The van der Waals surface area contributed by atoms with Crippen molar-refractivity contribution in [1.29, 1.82) is 0 Å². The molecule has 2 aliphatic heterocycles. The number of hydrogen-bond donors (Lipinski definition) is 1. The standard InChI is InChI=1S/C26H33N3O4S2/c1-4-32-24(30)18-9-8-12-28(14-18)26(34)35-23(25(31)33-5-2)16-29-15-22-20(13-17(29)3)19-10-6-7-11-21(19)27-22/h6-7,10-11,16-18,27H,4-5,8-9,12-15H2,1-3H3/b23-16-. The molecule has 35 heavy (non-hydrogen) atoms. The second kappa shape index (κ2) is 11.5. The van der Waals surface area contributed by atoms with Gasteiger partial charge in [-0.05, 0) is 51.7 Å². The fourth-order valence-electron chi connectivity index (χ4n) is 4.78. The highest BCUT2D eigenvalue weighted by atomic mass is 32.2. The van der Waals surface area contributed by atoms with E-state index in [9.17, 15) is 9.59 Å². The molecule has 0 radical (unpaired) electrons. The minimum atomic E-state index is -0.381. The molecular formula is C26H33N3O4S2. The zero-order valence-corrected chi connectivity index (χ0v) is 22.2. The molecule has 7 nitrogen and oxygen atoms in total. The quantitative estimate of drug-likeness (QED) is 0.340. The molecule has 0 bridgehead atoms. The molecule has 1 aromatic heterocycles. The van der Waals surface area contributed by atoms with E-state index in [1.807, 2.05) is 24.1 Å². The maximum atomic E-state index is 12.9. The number of thiocarbonyl (C=S) groups is 1. The molecule has 2 aliphatic rings. The topological polar surface area (TPSA) is 74.9 Å². The number of carbonyl (C=O) groups excluding carboxylic acids is 2. The number of ether oxygens (including phenoxy) is 2. The summed E-state index contributed by atoms with van der Waals surface area (Å²) in [4.78, 5) is 33.3. The molecular weight excluding hydrogens is 482 g/mol. The van der Waals surface area contributed by atoms with Gasteiger partial charge in [-0.1, -0.05) is 42.2 Å². The molecule has 2 aromatic rings. The Kier molecular flexibility index (Phi) is 8.38. The molecule has 188 valence electrons. The molecule has 1 fully saturated rings. The SMILES string of the molecule is CCOC(=O)/C(=C/N1Cc2[nH]c3ccccc3c2CC1C)SC(=S)N1CCCC(C(=O)OCC)C1. The average molecular weight is 516 g/mol. The highest BCUT2D eigenvalue weighted by Crippen LogP contribution is 2.32. The number of fused-ring (bicyclic) bond motifs is 3. The second-order valence-electron chi connectivity index (χ2n) is 8.97. The number of thioether (sulfide) groups is 1. The molecule has 0 saturated carbocycles. The molecule has 0 aliphatic carbocycles. The fraction of sp³-hybridized carbons (Fsp3) is 0.500. The van der Waals surface area contributed by atoms with E-state index < -0.39 is 0 Å². The van der Waals surface area contributed by atoms with Gasteiger partial charge in [-0.15, -0.1) is 0 Å². The Morgan fingerprint density at radius 3 is 2.77 bits per heavy atom. The Hall–Kier alpha value is -2.52. The summed E-state index contributed by atoms with van der Waals surface area (Å²) in [6.07, 6.45) is 4.42. The van der Waals surface area contributed by atoms with Crippen molar-refractivity contribution in [3.8, 4) is 0 Å². The van der Waals surface area contributed by atoms with Gasteiger partial charge in [-0.25, -0.2) is 4.79 Å². The highest BCUT2D eigenvalue weighted by Gasteiger charge is 2.30. The van der Waals surface area contributed by atoms with Crippen LogP contribution in [0.15, 0.2) is 35.4 Å². The predicted octanol–water partition coefficient (Wildman–Crippen LogP) is 4.61. The number of para-hydroxylation sites is 1. The van der Waals surface area contributed by atoms with Crippen molar-refractivity contribution in [3.05, 3.63) is 46.6 Å². The van der Waals surface area contributed by atoms with Gasteiger partial charge in [-0.3, -0.25) is 4.79 Å². The molecule has 1 saturated heterocycles. The maximum absolute atomic E-state index is 12.9. The molecule has 0 spiro atoms. The smallest absolute Gasteiger partial charge is 0.346 e. The molecule has 1 aromatic carbocycles. The van der Waals surface area contributed by atoms with Crippen LogP contribution in [0, 0.1) is 5.92 Å². The van der Waals surface area contributed by atoms with Crippen molar-refractivity contribution in [2.75, 3.05) is 26.3 Å². The number of aromatic amines is 1. The molecule has 2 unspecified atom stereocenters. The first-order chi connectivity index (χ1) is 16.9. The summed E-state index contributed by atoms with van der Waals surface area (Å²) in [5.74, 6) is -0.754. The van der Waals surface area contributed by atoms with Gasteiger partial charge in [0.2, 0.25) is 0 Å². The van der Waals surface area contributed by atoms with E-state index in [0.29, 0.717) is 35.5 Å². The van der Waals surface area contributed by atoms with Gasteiger partial charge in [0.1, 0.15) is 9.23 Å². The molecule has 2 atom stereocenters. The van der Waals surface area contributed by atoms with Gasteiger partial charge < -0.3 is 24.3 Å². The lowest BCUT2D eigenvalue weighted by Gasteiger charge is -2.34. The van der Waals surface area contributed by atoms with Gasteiger partial charge >= 0.3 is 11.9 Å². The van der Waals surface area contributed by atoms with Crippen LogP contribution in [0.2, 0.25) is 0 Å². The van der Waals surface area contributed by atoms with Crippen LogP contribution < -0.4 is 0 Å². The fourth-order valence-corrected chi connectivity index (χ4v) is 6.02. The molecule has 1 N–H and O–H groups in total. The minimum Gasteiger partial charge on any atom is -0.466 e. The van der Waals surface area contributed by atoms with Gasteiger partial charge in [0.15, 0.2) is 0 Å². The van der Waals surface area contributed by atoms with Gasteiger partial charge in [0, 0.05) is 41.9 Å². The Bertz CT molecular complexity index is 1130. The third kappa shape index (κ3) is 5.83. The van der Waals surface area contributed by atoms with E-state index in [2.05, 4.69) is 35.0 Å². The number of benzene rings is 1. The third-order valence-corrected chi connectivity index (χ3v) is 8.00. The van der Waals surface area contributed by atoms with Crippen LogP contribution >= 0.6 is 24.0 Å². The Labute approximate surface area is 216 Å². The maximum Gasteiger partial charge on any atom is 0.346 e. The highest BCUT2D eigenvalue weighted by molar-refractivity contribution is 8.25. The van der Waals surface area contributed by atoms with Crippen LogP contribution in [-0.4, -0.2) is 63.4 Å². The van der Waals surface area contributed by atoms with Crippen LogP contribution in [0.4, 0.5) is 0 Å². The number of nitrogens with zero attached hydrogens (tertiary/aromatic N) is 2. The summed E-state index contributed by atoms with van der Waals surface area (Å²) in [6.45, 7) is 8.40. The van der Waals surface area contributed by atoms with E-state index >= 15 is 0 Å². The zero-order valence-electron chi connectivity index (χ0n) is 20.5. The zero-order chi connectivity index (χ0) is 24.9. The largest absolute Gasteiger partial charge is 0.466 e. The Morgan fingerprint density at radius 2 is 2.00 bits per heavy atom. The van der Waals surface area contributed by atoms with Crippen molar-refractivity contribution in [1.82, 2.24) is 14.8 Å². The summed E-state index contributed by atoms with van der Waals surface area (Å²) in [5, 5.41) is 1.26. The summed E-state index contributed by atoms with van der Waals surface area (Å²) in [6, 6.07) is 8.57. The van der Waals surface area contributed by atoms with Crippen LogP contribution in [0.25, 0.3) is 10.9 Å². The number of H-pyrrole nitrogens is 1. The molecule has 9 heteroatoms. The van der Waals surface area contributed by atoms with Gasteiger partial charge in [0.05, 0.1) is 25.7 Å². The first-order valence-corrected chi connectivity index (χ1v) is 13.5. The van der Waals surface area contributed by atoms with E-state index in [1.165, 1.54) is 28.4 Å². The van der Waals surface area contributed by atoms with Crippen LogP contribution in [-0.2, 0) is 32.0 Å². The third-order valence-electron chi connectivity index (χ3n) is 6.56. The number of likely N-dealkylation sites (tertiary alicyclic amines) is 1. The first-order valence-electron chi connectivity index (χ1n) is 12.3. The summed E-state index contributed by atoms with van der Waals surface area (Å²) in [5.41, 5.74) is 3.65. The number of esters is 2. The van der Waals surface area contributed by atoms with Crippen molar-refractivity contribution < 1.29 is 19.1 Å². The number of piperidine rings is 1. The Balaban J connectivity index is 1.52. The summed E-state index contributed by atoms with van der Waals surface area (Å²) < 4.78 is 11.2. The second-order valence-corrected chi connectivity index (χ2v) is 10.6. The monoisotopic (exact) mass is 515 g/mol. The van der Waals surface area contributed by atoms with E-state index in [1.54, 1.807) is 6.92 Å². The summed E-state index contributed by atoms with van der Waals surface area (Å²) >= 11 is 6.97. The van der Waals surface area contributed by atoms with Crippen molar-refractivity contribution in [3.63, 3.8) is 0 Å². The molecule has 0 amide bonds.